The zero-order chi connectivity index (χ0) is 26.8. The van der Waals surface area contributed by atoms with Crippen LogP contribution in [0.3, 0.4) is 0 Å². The number of amides is 1. The highest BCUT2D eigenvalue weighted by molar-refractivity contribution is 7.89. The predicted octanol–water partition coefficient (Wildman–Crippen LogP) is 3.73. The smallest absolute Gasteiger partial charge is 0.253 e. The SMILES string of the molecule is CCCCCc1cc(C)c(CCS(=O)(=O)N2CCC3(CC2)N=C(c2ccc(O)c(O)c2)NC3=O)c(C)c1. The number of phenolic OH excluding ortho intramolecular Hbond substituents is 2. The number of unbranched alkanes of at least 4 members (excludes halogenated alkanes) is 2. The second kappa shape index (κ2) is 10.8. The van der Waals surface area contributed by atoms with E-state index in [1.807, 2.05) is 0 Å². The van der Waals surface area contributed by atoms with Gasteiger partial charge in [0.25, 0.3) is 5.91 Å². The van der Waals surface area contributed by atoms with Crippen molar-refractivity contribution in [3.8, 4) is 11.5 Å². The van der Waals surface area contributed by atoms with E-state index in [2.05, 4.69) is 43.2 Å². The third-order valence-electron chi connectivity index (χ3n) is 7.61. The molecule has 1 spiro atoms. The molecule has 0 saturated carbocycles. The summed E-state index contributed by atoms with van der Waals surface area (Å²) in [6.45, 7) is 6.76. The summed E-state index contributed by atoms with van der Waals surface area (Å²) in [6, 6.07) is 8.63. The van der Waals surface area contributed by atoms with Crippen LogP contribution in [0.15, 0.2) is 35.3 Å². The molecule has 2 aliphatic rings. The number of hydrogen-bond acceptors (Lipinski definition) is 6. The number of sulfonamides is 1. The number of carbonyl (C=O) groups excluding carboxylic acids is 1. The van der Waals surface area contributed by atoms with Crippen LogP contribution in [-0.2, 0) is 27.7 Å². The highest BCUT2D eigenvalue weighted by atomic mass is 32.2. The molecule has 0 bridgehead atoms. The molecule has 1 saturated heterocycles. The molecular formula is C28H37N3O5S. The van der Waals surface area contributed by atoms with Gasteiger partial charge in [0.2, 0.25) is 10.0 Å². The zero-order valence-electron chi connectivity index (χ0n) is 21.9. The fourth-order valence-corrected chi connectivity index (χ4v) is 6.82. The molecule has 3 N–H and O–H groups in total. The number of aromatic hydroxyl groups is 2. The maximum absolute atomic E-state index is 13.2. The van der Waals surface area contributed by atoms with Crippen LogP contribution in [0.25, 0.3) is 0 Å². The number of nitrogens with one attached hydrogen (secondary N) is 1. The number of piperidine rings is 1. The summed E-state index contributed by atoms with van der Waals surface area (Å²) in [5, 5.41) is 22.1. The maximum atomic E-state index is 13.2. The number of rotatable bonds is 9. The van der Waals surface area contributed by atoms with Crippen molar-refractivity contribution >= 4 is 21.8 Å². The van der Waals surface area contributed by atoms with Gasteiger partial charge in [-0.1, -0.05) is 31.9 Å². The van der Waals surface area contributed by atoms with Gasteiger partial charge in [-0.05, 0) is 86.4 Å². The van der Waals surface area contributed by atoms with E-state index in [1.54, 1.807) is 6.07 Å². The molecule has 37 heavy (non-hydrogen) atoms. The lowest BCUT2D eigenvalue weighted by atomic mass is 9.89. The highest BCUT2D eigenvalue weighted by Gasteiger charge is 2.47. The molecule has 0 unspecified atom stereocenters. The van der Waals surface area contributed by atoms with Crippen LogP contribution < -0.4 is 5.32 Å². The molecule has 2 heterocycles. The van der Waals surface area contributed by atoms with E-state index in [0.29, 0.717) is 17.8 Å². The summed E-state index contributed by atoms with van der Waals surface area (Å²) < 4.78 is 27.9. The van der Waals surface area contributed by atoms with Crippen LogP contribution >= 0.6 is 0 Å². The first-order valence-corrected chi connectivity index (χ1v) is 14.7. The topological polar surface area (TPSA) is 119 Å². The van der Waals surface area contributed by atoms with Gasteiger partial charge in [-0.2, -0.15) is 0 Å². The average molecular weight is 528 g/mol. The summed E-state index contributed by atoms with van der Waals surface area (Å²) >= 11 is 0. The van der Waals surface area contributed by atoms with Gasteiger partial charge in [-0.15, -0.1) is 0 Å². The van der Waals surface area contributed by atoms with Gasteiger partial charge in [0.1, 0.15) is 11.4 Å². The molecule has 0 atom stereocenters. The van der Waals surface area contributed by atoms with E-state index >= 15 is 0 Å². The van der Waals surface area contributed by atoms with E-state index in [4.69, 9.17) is 0 Å². The third-order valence-corrected chi connectivity index (χ3v) is 9.48. The first-order chi connectivity index (χ1) is 17.5. The van der Waals surface area contributed by atoms with Crippen LogP contribution in [-0.4, -0.2) is 59.1 Å². The van der Waals surface area contributed by atoms with Gasteiger partial charge < -0.3 is 15.5 Å². The van der Waals surface area contributed by atoms with Crippen molar-refractivity contribution in [2.45, 2.75) is 71.3 Å². The maximum Gasteiger partial charge on any atom is 0.253 e. The van der Waals surface area contributed by atoms with Gasteiger partial charge in [-0.3, -0.25) is 9.79 Å². The van der Waals surface area contributed by atoms with Crippen LogP contribution in [0.1, 0.15) is 66.8 Å². The van der Waals surface area contributed by atoms with E-state index in [1.165, 1.54) is 41.3 Å². The fourth-order valence-electron chi connectivity index (χ4n) is 5.36. The second-order valence-electron chi connectivity index (χ2n) is 10.3. The summed E-state index contributed by atoms with van der Waals surface area (Å²) in [7, 11) is -3.49. The molecule has 0 aromatic heterocycles. The third kappa shape index (κ3) is 5.83. The van der Waals surface area contributed by atoms with E-state index < -0.39 is 15.6 Å². The minimum atomic E-state index is -3.49. The lowest BCUT2D eigenvalue weighted by molar-refractivity contribution is -0.124. The first kappa shape index (κ1) is 27.1. The minimum Gasteiger partial charge on any atom is -0.504 e. The van der Waals surface area contributed by atoms with Crippen LogP contribution in [0.4, 0.5) is 0 Å². The molecule has 1 fully saturated rings. The van der Waals surface area contributed by atoms with Crippen LogP contribution in [0.5, 0.6) is 11.5 Å². The molecular weight excluding hydrogens is 490 g/mol. The molecule has 2 aliphatic heterocycles. The summed E-state index contributed by atoms with van der Waals surface area (Å²) in [5.41, 5.74) is 4.16. The Bertz CT molecular complexity index is 1290. The Labute approximate surface area is 219 Å². The summed E-state index contributed by atoms with van der Waals surface area (Å²) in [5.74, 6) is -0.467. The molecule has 0 radical (unpaired) electrons. The molecule has 4 rings (SSSR count). The van der Waals surface area contributed by atoms with Crippen molar-refractivity contribution < 1.29 is 23.4 Å². The Morgan fingerprint density at radius 3 is 2.30 bits per heavy atom. The summed E-state index contributed by atoms with van der Waals surface area (Å²) in [4.78, 5) is 17.4. The molecule has 8 nitrogen and oxygen atoms in total. The van der Waals surface area contributed by atoms with Crippen molar-refractivity contribution in [3.05, 3.63) is 58.1 Å². The average Bonchev–Trinajstić information content (AvgIpc) is 3.16. The molecule has 1 amide bonds. The summed E-state index contributed by atoms with van der Waals surface area (Å²) in [6.07, 6.45) is 5.66. The van der Waals surface area contributed by atoms with Crippen molar-refractivity contribution in [3.63, 3.8) is 0 Å². The Morgan fingerprint density at radius 1 is 1.00 bits per heavy atom. The number of benzene rings is 2. The number of amidine groups is 1. The Balaban J connectivity index is 1.39. The Kier molecular flexibility index (Phi) is 7.94. The monoisotopic (exact) mass is 527 g/mol. The van der Waals surface area contributed by atoms with Gasteiger partial charge >= 0.3 is 0 Å². The van der Waals surface area contributed by atoms with E-state index in [0.717, 1.165) is 23.1 Å². The Hall–Kier alpha value is -2.91. The van der Waals surface area contributed by atoms with E-state index in [-0.39, 0.29) is 49.1 Å². The molecule has 9 heteroatoms. The molecule has 2 aromatic rings. The first-order valence-electron chi connectivity index (χ1n) is 13.0. The molecule has 2 aromatic carbocycles. The van der Waals surface area contributed by atoms with Crippen molar-refractivity contribution in [2.75, 3.05) is 18.8 Å². The number of aryl methyl sites for hydroxylation is 3. The number of nitrogens with zero attached hydrogens (tertiary/aromatic N) is 2. The Morgan fingerprint density at radius 2 is 1.68 bits per heavy atom. The van der Waals surface area contributed by atoms with E-state index in [9.17, 15) is 23.4 Å². The quantitative estimate of drug-likeness (QED) is 0.339. The molecule has 200 valence electrons. The highest BCUT2D eigenvalue weighted by Crippen LogP contribution is 2.33. The van der Waals surface area contributed by atoms with Gasteiger partial charge in [0.15, 0.2) is 11.5 Å². The minimum absolute atomic E-state index is 0.0321. The fraction of sp³-hybridized carbons (Fsp3) is 0.500. The molecule has 0 aliphatic carbocycles. The van der Waals surface area contributed by atoms with Crippen LogP contribution in [0, 0.1) is 13.8 Å². The number of phenols is 2. The van der Waals surface area contributed by atoms with Gasteiger partial charge in [0, 0.05) is 18.7 Å². The largest absolute Gasteiger partial charge is 0.504 e. The normalized spacial score (nSPS) is 17.7. The van der Waals surface area contributed by atoms with Crippen molar-refractivity contribution in [2.24, 2.45) is 4.99 Å². The lowest BCUT2D eigenvalue weighted by Crippen LogP contribution is -2.50. The number of hydrogen-bond donors (Lipinski definition) is 3. The van der Waals surface area contributed by atoms with Gasteiger partial charge in [0.05, 0.1) is 5.75 Å². The van der Waals surface area contributed by atoms with Gasteiger partial charge in [-0.25, -0.2) is 12.7 Å². The standard InChI is InChI=1S/C28H37N3O5S/c1-4-5-6-7-21-16-19(2)23(20(3)17-21)10-15-37(35,36)31-13-11-28(12-14-31)27(34)29-26(30-28)22-8-9-24(32)25(33)18-22/h8-9,16-18,32-33H,4-7,10-15H2,1-3H3,(H,29,30,34). The lowest BCUT2D eigenvalue weighted by Gasteiger charge is -2.34. The zero-order valence-corrected chi connectivity index (χ0v) is 22.7. The number of carbonyl (C=O) groups is 1. The number of aliphatic imine (C=N–C) groups is 1. The van der Waals surface area contributed by atoms with Crippen molar-refractivity contribution in [1.82, 2.24) is 9.62 Å². The predicted molar refractivity (Wildman–Crippen MR) is 145 cm³/mol. The second-order valence-corrected chi connectivity index (χ2v) is 12.4. The van der Waals surface area contributed by atoms with Crippen LogP contribution in [0.2, 0.25) is 0 Å². The van der Waals surface area contributed by atoms with Crippen molar-refractivity contribution in [1.29, 1.82) is 0 Å².